The van der Waals surface area contributed by atoms with Gasteiger partial charge in [0.1, 0.15) is 0 Å². The summed E-state index contributed by atoms with van der Waals surface area (Å²) in [4.78, 5) is 0. The lowest BCUT2D eigenvalue weighted by Gasteiger charge is -2.35. The van der Waals surface area contributed by atoms with Crippen LogP contribution >= 0.6 is 0 Å². The van der Waals surface area contributed by atoms with Gasteiger partial charge in [0.05, 0.1) is 6.61 Å². The van der Waals surface area contributed by atoms with Crippen molar-refractivity contribution < 1.29 is 4.74 Å². The van der Waals surface area contributed by atoms with Gasteiger partial charge in [0.15, 0.2) is 0 Å². The standard InChI is InChI=1S/C11H22N2O/c1-9-7-12-5-4-11(9)13-10-3-2-6-14-8-10/h9-13H,2-8H2,1H3. The molecule has 2 aliphatic heterocycles. The highest BCUT2D eigenvalue weighted by molar-refractivity contribution is 4.84. The zero-order chi connectivity index (χ0) is 9.80. The van der Waals surface area contributed by atoms with Crippen molar-refractivity contribution >= 4 is 0 Å². The molecule has 3 heteroatoms. The third kappa shape index (κ3) is 2.69. The predicted molar refractivity (Wildman–Crippen MR) is 57.4 cm³/mol. The Hall–Kier alpha value is -0.120. The van der Waals surface area contributed by atoms with E-state index in [0.29, 0.717) is 12.1 Å². The number of hydrogen-bond donors (Lipinski definition) is 2. The van der Waals surface area contributed by atoms with Crippen LogP contribution in [0.3, 0.4) is 0 Å². The van der Waals surface area contributed by atoms with Crippen LogP contribution in [0.5, 0.6) is 0 Å². The molecule has 0 bridgehead atoms. The third-order valence-electron chi connectivity index (χ3n) is 3.40. The Morgan fingerprint density at radius 1 is 1.36 bits per heavy atom. The van der Waals surface area contributed by atoms with Gasteiger partial charge in [-0.15, -0.1) is 0 Å². The minimum absolute atomic E-state index is 0.606. The summed E-state index contributed by atoms with van der Waals surface area (Å²) in [5.41, 5.74) is 0. The van der Waals surface area contributed by atoms with Gasteiger partial charge in [0, 0.05) is 18.7 Å². The van der Waals surface area contributed by atoms with Crippen LogP contribution in [0.2, 0.25) is 0 Å². The van der Waals surface area contributed by atoms with Gasteiger partial charge < -0.3 is 15.4 Å². The molecular formula is C11H22N2O. The molecule has 0 aromatic rings. The van der Waals surface area contributed by atoms with Gasteiger partial charge in [-0.2, -0.15) is 0 Å². The van der Waals surface area contributed by atoms with Crippen molar-refractivity contribution in [1.29, 1.82) is 0 Å². The van der Waals surface area contributed by atoms with Crippen molar-refractivity contribution in [3.05, 3.63) is 0 Å². The lowest BCUT2D eigenvalue weighted by Crippen LogP contribution is -2.51. The molecule has 2 N–H and O–H groups in total. The van der Waals surface area contributed by atoms with Crippen molar-refractivity contribution in [1.82, 2.24) is 10.6 Å². The molecule has 14 heavy (non-hydrogen) atoms. The minimum Gasteiger partial charge on any atom is -0.380 e. The maximum absolute atomic E-state index is 5.48. The zero-order valence-corrected chi connectivity index (χ0v) is 9.09. The van der Waals surface area contributed by atoms with Crippen molar-refractivity contribution in [2.75, 3.05) is 26.3 Å². The minimum atomic E-state index is 0.606. The van der Waals surface area contributed by atoms with E-state index in [-0.39, 0.29) is 0 Å². The molecule has 2 aliphatic rings. The van der Waals surface area contributed by atoms with Crippen molar-refractivity contribution in [3.63, 3.8) is 0 Å². The van der Waals surface area contributed by atoms with E-state index in [2.05, 4.69) is 17.6 Å². The first-order chi connectivity index (χ1) is 6.86. The highest BCUT2D eigenvalue weighted by atomic mass is 16.5. The van der Waals surface area contributed by atoms with Gasteiger partial charge in [-0.05, 0) is 38.3 Å². The quantitative estimate of drug-likeness (QED) is 0.687. The molecule has 0 aromatic carbocycles. The third-order valence-corrected chi connectivity index (χ3v) is 3.40. The lowest BCUT2D eigenvalue weighted by molar-refractivity contribution is 0.0614. The summed E-state index contributed by atoms with van der Waals surface area (Å²) in [7, 11) is 0. The Balaban J connectivity index is 1.76. The summed E-state index contributed by atoms with van der Waals surface area (Å²) in [5.74, 6) is 0.755. The SMILES string of the molecule is CC1CNCCC1NC1CCCOC1. The van der Waals surface area contributed by atoms with E-state index in [0.717, 1.165) is 32.2 Å². The first kappa shape index (κ1) is 10.4. The van der Waals surface area contributed by atoms with E-state index in [9.17, 15) is 0 Å². The molecule has 0 aliphatic carbocycles. The van der Waals surface area contributed by atoms with Crippen LogP contribution in [-0.2, 0) is 4.74 Å². The molecule has 2 rings (SSSR count). The summed E-state index contributed by atoms with van der Waals surface area (Å²) < 4.78 is 5.48. The molecule has 3 atom stereocenters. The Kier molecular flexibility index (Phi) is 3.79. The first-order valence-electron chi connectivity index (χ1n) is 5.91. The summed E-state index contributed by atoms with van der Waals surface area (Å²) >= 11 is 0. The molecule has 0 amide bonds. The Morgan fingerprint density at radius 2 is 2.29 bits per heavy atom. The van der Waals surface area contributed by atoms with Gasteiger partial charge in [-0.1, -0.05) is 6.92 Å². The Labute approximate surface area is 86.6 Å². The second kappa shape index (κ2) is 5.10. The molecule has 82 valence electrons. The molecule has 2 fully saturated rings. The molecular weight excluding hydrogens is 176 g/mol. The van der Waals surface area contributed by atoms with Crippen molar-refractivity contribution in [2.45, 2.75) is 38.3 Å². The molecule has 3 nitrogen and oxygen atoms in total. The van der Waals surface area contributed by atoms with E-state index in [1.54, 1.807) is 0 Å². The second-order valence-corrected chi connectivity index (χ2v) is 4.66. The van der Waals surface area contributed by atoms with E-state index in [1.807, 2.05) is 0 Å². The number of rotatable bonds is 2. The fourth-order valence-corrected chi connectivity index (χ4v) is 2.44. The van der Waals surface area contributed by atoms with Crippen LogP contribution in [0, 0.1) is 5.92 Å². The first-order valence-corrected chi connectivity index (χ1v) is 5.91. The summed E-state index contributed by atoms with van der Waals surface area (Å²) in [6, 6.07) is 1.30. The van der Waals surface area contributed by atoms with Crippen LogP contribution in [0.25, 0.3) is 0 Å². The predicted octanol–water partition coefficient (Wildman–Crippen LogP) is 0.753. The second-order valence-electron chi connectivity index (χ2n) is 4.66. The van der Waals surface area contributed by atoms with Crippen LogP contribution < -0.4 is 10.6 Å². The largest absolute Gasteiger partial charge is 0.380 e. The van der Waals surface area contributed by atoms with E-state index in [1.165, 1.54) is 19.3 Å². The van der Waals surface area contributed by atoms with Crippen LogP contribution in [0.4, 0.5) is 0 Å². The van der Waals surface area contributed by atoms with Crippen molar-refractivity contribution in [2.24, 2.45) is 5.92 Å². The maximum atomic E-state index is 5.48. The van der Waals surface area contributed by atoms with Gasteiger partial charge in [-0.25, -0.2) is 0 Å². The number of piperidine rings is 1. The average molecular weight is 198 g/mol. The fraction of sp³-hybridized carbons (Fsp3) is 1.00. The van der Waals surface area contributed by atoms with Gasteiger partial charge in [0.25, 0.3) is 0 Å². The highest BCUT2D eigenvalue weighted by Gasteiger charge is 2.24. The van der Waals surface area contributed by atoms with E-state index < -0.39 is 0 Å². The number of nitrogens with one attached hydrogen (secondary N) is 2. The molecule has 3 unspecified atom stereocenters. The summed E-state index contributed by atoms with van der Waals surface area (Å²) in [6.45, 7) is 6.52. The van der Waals surface area contributed by atoms with E-state index >= 15 is 0 Å². The molecule has 2 heterocycles. The Morgan fingerprint density at radius 3 is 3.00 bits per heavy atom. The molecule has 0 aromatic heterocycles. The number of hydrogen-bond acceptors (Lipinski definition) is 3. The van der Waals surface area contributed by atoms with Gasteiger partial charge in [-0.3, -0.25) is 0 Å². The summed E-state index contributed by atoms with van der Waals surface area (Å²) in [6.07, 6.45) is 3.77. The normalized spacial score (nSPS) is 39.6. The van der Waals surface area contributed by atoms with Gasteiger partial charge >= 0.3 is 0 Å². The molecule has 0 spiro atoms. The maximum Gasteiger partial charge on any atom is 0.0619 e. The molecule has 0 saturated carbocycles. The average Bonchev–Trinajstić information content (AvgIpc) is 2.23. The number of ether oxygens (including phenoxy) is 1. The van der Waals surface area contributed by atoms with Crippen LogP contribution in [-0.4, -0.2) is 38.4 Å². The molecule has 0 radical (unpaired) electrons. The Bertz CT molecular complexity index is 169. The van der Waals surface area contributed by atoms with Crippen LogP contribution in [0.15, 0.2) is 0 Å². The fourth-order valence-electron chi connectivity index (χ4n) is 2.44. The monoisotopic (exact) mass is 198 g/mol. The lowest BCUT2D eigenvalue weighted by atomic mass is 9.94. The zero-order valence-electron chi connectivity index (χ0n) is 9.09. The van der Waals surface area contributed by atoms with E-state index in [4.69, 9.17) is 4.74 Å². The van der Waals surface area contributed by atoms with Gasteiger partial charge in [0.2, 0.25) is 0 Å². The smallest absolute Gasteiger partial charge is 0.0619 e. The highest BCUT2D eigenvalue weighted by Crippen LogP contribution is 2.14. The molecule has 2 saturated heterocycles. The van der Waals surface area contributed by atoms with Crippen molar-refractivity contribution in [3.8, 4) is 0 Å². The summed E-state index contributed by atoms with van der Waals surface area (Å²) in [5, 5.41) is 7.17. The topological polar surface area (TPSA) is 33.3 Å². The van der Waals surface area contributed by atoms with Crippen LogP contribution in [0.1, 0.15) is 26.2 Å².